The Bertz CT molecular complexity index is 1670. The van der Waals surface area contributed by atoms with Gasteiger partial charge >= 0.3 is 12.4 Å². The van der Waals surface area contributed by atoms with Crippen LogP contribution in [0.5, 0.6) is 5.75 Å². The number of rotatable bonds is 6. The van der Waals surface area contributed by atoms with E-state index in [0.29, 0.717) is 15.8 Å². The molecule has 44 heavy (non-hydrogen) atoms. The summed E-state index contributed by atoms with van der Waals surface area (Å²) in [6.45, 7) is 3.07. The molecule has 2 aromatic heterocycles. The van der Waals surface area contributed by atoms with Gasteiger partial charge in [-0.3, -0.25) is 9.69 Å². The van der Waals surface area contributed by atoms with E-state index in [0.717, 1.165) is 18.3 Å². The molecule has 0 bridgehead atoms. The molecule has 234 valence electrons. The number of alkyl halides is 6. The number of amides is 1. The van der Waals surface area contributed by atoms with E-state index in [9.17, 15) is 36.2 Å². The number of aliphatic hydroxyl groups excluding tert-OH is 1. The Morgan fingerprint density at radius 1 is 1.07 bits per heavy atom. The first-order valence-corrected chi connectivity index (χ1v) is 13.7. The minimum Gasteiger partial charge on any atom is -0.497 e. The highest BCUT2D eigenvalue weighted by Gasteiger charge is 2.40. The van der Waals surface area contributed by atoms with Gasteiger partial charge in [0.15, 0.2) is 11.3 Å². The average molecular weight is 622 g/mol. The maximum atomic E-state index is 14.3. The number of carbonyl (C=O) groups is 1. The van der Waals surface area contributed by atoms with Gasteiger partial charge in [-0.05, 0) is 55.8 Å². The molecular formula is C30H29F6N5O3. The van der Waals surface area contributed by atoms with Crippen LogP contribution in [0.15, 0.2) is 54.7 Å². The lowest BCUT2D eigenvalue weighted by molar-refractivity contribution is -0.143. The summed E-state index contributed by atoms with van der Waals surface area (Å²) < 4.78 is 88.6. The molecule has 14 heteroatoms. The van der Waals surface area contributed by atoms with Crippen molar-refractivity contribution in [3.05, 3.63) is 82.7 Å². The second kappa shape index (κ2) is 11.7. The van der Waals surface area contributed by atoms with E-state index in [2.05, 4.69) is 10.1 Å². The van der Waals surface area contributed by atoms with Crippen molar-refractivity contribution < 1.29 is 41.0 Å². The number of nitrogens with zero attached hydrogens (tertiary/aromatic N) is 5. The fourth-order valence-corrected chi connectivity index (χ4v) is 5.67. The number of aromatic nitrogens is 3. The van der Waals surface area contributed by atoms with Gasteiger partial charge in [-0.15, -0.1) is 0 Å². The molecule has 1 unspecified atom stereocenters. The summed E-state index contributed by atoms with van der Waals surface area (Å²) in [6.07, 6.45) is -8.29. The van der Waals surface area contributed by atoms with Gasteiger partial charge in [-0.2, -0.15) is 31.4 Å². The average Bonchev–Trinajstić information content (AvgIpc) is 3.39. The number of ether oxygens (including phenoxy) is 1. The number of carbonyl (C=O) groups excluding carboxylic acids is 1. The number of benzene rings is 2. The van der Waals surface area contributed by atoms with Crippen molar-refractivity contribution in [2.24, 2.45) is 0 Å². The molecule has 4 aromatic rings. The van der Waals surface area contributed by atoms with Gasteiger partial charge in [0, 0.05) is 36.8 Å². The van der Waals surface area contributed by atoms with E-state index in [1.54, 1.807) is 36.1 Å². The second-order valence-electron chi connectivity index (χ2n) is 10.6. The second-order valence-corrected chi connectivity index (χ2v) is 10.6. The molecule has 1 amide bonds. The van der Waals surface area contributed by atoms with Crippen LogP contribution >= 0.6 is 0 Å². The summed E-state index contributed by atoms with van der Waals surface area (Å²) in [6, 6.07) is 9.81. The van der Waals surface area contributed by atoms with Crippen LogP contribution in [0, 0.1) is 6.92 Å². The number of piperazine rings is 1. The van der Waals surface area contributed by atoms with Crippen molar-refractivity contribution in [1.82, 2.24) is 24.4 Å². The number of hydrogen-bond donors (Lipinski definition) is 1. The van der Waals surface area contributed by atoms with Gasteiger partial charge in [0.2, 0.25) is 0 Å². The van der Waals surface area contributed by atoms with Crippen LogP contribution < -0.4 is 4.74 Å². The Morgan fingerprint density at radius 2 is 1.77 bits per heavy atom. The minimum atomic E-state index is -4.81. The maximum Gasteiger partial charge on any atom is 0.433 e. The van der Waals surface area contributed by atoms with E-state index >= 15 is 0 Å². The highest BCUT2D eigenvalue weighted by molar-refractivity contribution is 6.00. The largest absolute Gasteiger partial charge is 0.497 e. The van der Waals surface area contributed by atoms with Gasteiger partial charge in [-0.25, -0.2) is 9.50 Å². The van der Waals surface area contributed by atoms with Crippen LogP contribution in [0.4, 0.5) is 26.3 Å². The van der Waals surface area contributed by atoms with E-state index in [-0.39, 0.29) is 47.7 Å². The highest BCUT2D eigenvalue weighted by Crippen LogP contribution is 2.37. The lowest BCUT2D eigenvalue weighted by atomic mass is 10.0. The smallest absolute Gasteiger partial charge is 0.433 e. The van der Waals surface area contributed by atoms with Crippen molar-refractivity contribution >= 4 is 11.6 Å². The van der Waals surface area contributed by atoms with Crippen LogP contribution in [0.25, 0.3) is 16.9 Å². The third-order valence-electron chi connectivity index (χ3n) is 7.88. The third kappa shape index (κ3) is 5.83. The zero-order chi connectivity index (χ0) is 32.0. The molecular weight excluding hydrogens is 592 g/mol. The van der Waals surface area contributed by atoms with Crippen LogP contribution in [0.1, 0.15) is 45.7 Å². The van der Waals surface area contributed by atoms with Crippen molar-refractivity contribution in [2.75, 3.05) is 33.4 Å². The SMILES string of the molecule is COc1ccc(-c2nc3c(C(=O)N4CCN(C(CO)c5cccc(C(F)(F)F)c5)C[C@H]4C)cnn3c(C(F)(F)F)c2C)cc1. The van der Waals surface area contributed by atoms with Gasteiger partial charge in [-0.1, -0.05) is 12.1 Å². The van der Waals surface area contributed by atoms with E-state index in [1.807, 2.05) is 0 Å². The van der Waals surface area contributed by atoms with Crippen molar-refractivity contribution in [1.29, 1.82) is 0 Å². The van der Waals surface area contributed by atoms with Gasteiger partial charge in [0.05, 0.1) is 37.2 Å². The van der Waals surface area contributed by atoms with Crippen molar-refractivity contribution in [3.8, 4) is 17.0 Å². The van der Waals surface area contributed by atoms with E-state index in [4.69, 9.17) is 4.74 Å². The number of halogens is 6. The fraction of sp³-hybridized carbons (Fsp3) is 0.367. The predicted octanol–water partition coefficient (Wildman–Crippen LogP) is 5.63. The first kappa shape index (κ1) is 31.3. The first-order chi connectivity index (χ1) is 20.7. The molecule has 0 spiro atoms. The van der Waals surface area contributed by atoms with Crippen LogP contribution in [0.3, 0.4) is 0 Å². The van der Waals surface area contributed by atoms with Crippen LogP contribution in [-0.2, 0) is 12.4 Å². The Hall–Kier alpha value is -4.17. The molecule has 2 aromatic carbocycles. The van der Waals surface area contributed by atoms with Crippen molar-refractivity contribution in [3.63, 3.8) is 0 Å². The van der Waals surface area contributed by atoms with Gasteiger partial charge in [0.25, 0.3) is 5.91 Å². The minimum absolute atomic E-state index is 0.0340. The number of hydrogen-bond acceptors (Lipinski definition) is 6. The van der Waals surface area contributed by atoms with Crippen LogP contribution in [0.2, 0.25) is 0 Å². The fourth-order valence-electron chi connectivity index (χ4n) is 5.67. The highest BCUT2D eigenvalue weighted by atomic mass is 19.4. The quantitative estimate of drug-likeness (QED) is 0.281. The normalized spacial score (nSPS) is 17.2. The molecule has 1 N–H and O–H groups in total. The standard InChI is InChI=1S/C30H29F6N5O3/c1-17-15-39(24(16-42)20-5-4-6-21(13-20)29(31,32)33)11-12-40(17)28(43)23-14-37-41-26(30(34,35)36)18(2)25(38-27(23)41)19-7-9-22(44-3)10-8-19/h4-10,13-14,17,24,42H,11-12,15-16H2,1-3H3/t17-,24?/m1/s1. The Balaban J connectivity index is 1.46. The van der Waals surface area contributed by atoms with Crippen LogP contribution in [-0.4, -0.2) is 74.8 Å². The molecule has 0 saturated carbocycles. The van der Waals surface area contributed by atoms with Gasteiger partial charge in [0.1, 0.15) is 11.3 Å². The molecule has 1 aliphatic heterocycles. The van der Waals surface area contributed by atoms with E-state index in [1.165, 1.54) is 31.1 Å². The Morgan fingerprint density at radius 3 is 2.36 bits per heavy atom. The first-order valence-electron chi connectivity index (χ1n) is 13.7. The lowest BCUT2D eigenvalue weighted by Crippen LogP contribution is -2.55. The summed E-state index contributed by atoms with van der Waals surface area (Å²) in [4.78, 5) is 21.5. The van der Waals surface area contributed by atoms with Gasteiger partial charge < -0.3 is 14.7 Å². The molecule has 1 aliphatic rings. The topological polar surface area (TPSA) is 83.2 Å². The monoisotopic (exact) mass is 621 g/mol. The summed E-state index contributed by atoms with van der Waals surface area (Å²) in [5.41, 5.74) is -1.73. The molecule has 5 rings (SSSR count). The molecule has 1 saturated heterocycles. The number of aliphatic hydroxyl groups is 1. The Kier molecular flexibility index (Phi) is 8.33. The zero-order valence-electron chi connectivity index (χ0n) is 23.9. The summed E-state index contributed by atoms with van der Waals surface area (Å²) in [7, 11) is 1.46. The molecule has 8 nitrogen and oxygen atoms in total. The number of methoxy groups -OCH3 is 1. The maximum absolute atomic E-state index is 14.3. The lowest BCUT2D eigenvalue weighted by Gasteiger charge is -2.43. The summed E-state index contributed by atoms with van der Waals surface area (Å²) >= 11 is 0. The molecule has 3 heterocycles. The zero-order valence-corrected chi connectivity index (χ0v) is 23.9. The molecule has 0 aliphatic carbocycles. The predicted molar refractivity (Wildman–Crippen MR) is 148 cm³/mol. The van der Waals surface area contributed by atoms with E-state index < -0.39 is 48.2 Å². The molecule has 2 atom stereocenters. The number of fused-ring (bicyclic) bond motifs is 1. The summed E-state index contributed by atoms with van der Waals surface area (Å²) in [5, 5.41) is 14.0. The third-order valence-corrected chi connectivity index (χ3v) is 7.88. The summed E-state index contributed by atoms with van der Waals surface area (Å²) in [5.74, 6) is -0.0784. The Labute approximate surface area is 248 Å². The van der Waals surface area contributed by atoms with Crippen molar-refractivity contribution in [2.45, 2.75) is 38.3 Å². The molecule has 1 fully saturated rings. The molecule has 0 radical (unpaired) electrons.